The Morgan fingerprint density at radius 3 is 2.49 bits per heavy atom. The van der Waals surface area contributed by atoms with E-state index in [4.69, 9.17) is 0 Å². The van der Waals surface area contributed by atoms with Crippen molar-refractivity contribution < 1.29 is 30.8 Å². The second kappa shape index (κ2) is 9.42. The molecule has 1 N–H and O–H groups in total. The molecule has 35 heavy (non-hydrogen) atoms. The molecular formula is C23H22F4N4O3S. The van der Waals surface area contributed by atoms with E-state index < -0.39 is 45.3 Å². The first-order chi connectivity index (χ1) is 16.4. The van der Waals surface area contributed by atoms with Crippen molar-refractivity contribution in [3.63, 3.8) is 0 Å². The van der Waals surface area contributed by atoms with Crippen LogP contribution in [0.2, 0.25) is 0 Å². The summed E-state index contributed by atoms with van der Waals surface area (Å²) < 4.78 is 81.3. The van der Waals surface area contributed by atoms with Gasteiger partial charge in [-0.2, -0.15) is 17.5 Å². The molecule has 1 fully saturated rings. The van der Waals surface area contributed by atoms with Crippen LogP contribution in [0, 0.1) is 11.7 Å². The minimum absolute atomic E-state index is 0.0355. The predicted octanol–water partition coefficient (Wildman–Crippen LogP) is 3.30. The number of rotatable bonds is 6. The fourth-order valence-electron chi connectivity index (χ4n) is 4.11. The summed E-state index contributed by atoms with van der Waals surface area (Å²) in [7, 11) is -2.37. The largest absolute Gasteiger partial charge is 0.416 e. The van der Waals surface area contributed by atoms with E-state index in [2.05, 4.69) is 10.3 Å². The van der Waals surface area contributed by atoms with Crippen molar-refractivity contribution >= 4 is 15.9 Å². The van der Waals surface area contributed by atoms with Gasteiger partial charge in [0.1, 0.15) is 5.82 Å². The smallest absolute Gasteiger partial charge is 0.352 e. The molecule has 12 heteroatoms. The molecule has 0 spiro atoms. The molecule has 2 atom stereocenters. The van der Waals surface area contributed by atoms with Crippen LogP contribution in [0.5, 0.6) is 0 Å². The lowest BCUT2D eigenvalue weighted by Gasteiger charge is -2.18. The van der Waals surface area contributed by atoms with E-state index in [0.717, 1.165) is 16.4 Å². The van der Waals surface area contributed by atoms with E-state index >= 15 is 0 Å². The second-order valence-electron chi connectivity index (χ2n) is 8.38. The highest BCUT2D eigenvalue weighted by atomic mass is 32.2. The van der Waals surface area contributed by atoms with Crippen molar-refractivity contribution in [1.29, 1.82) is 0 Å². The Labute approximate surface area is 199 Å². The van der Waals surface area contributed by atoms with Gasteiger partial charge >= 0.3 is 6.18 Å². The number of halogens is 4. The molecule has 7 nitrogen and oxygen atoms in total. The number of nitrogens with one attached hydrogen (secondary N) is 1. The number of carbonyl (C=O) groups is 1. The van der Waals surface area contributed by atoms with Crippen molar-refractivity contribution in [2.75, 3.05) is 13.1 Å². The molecule has 0 saturated carbocycles. The number of aromatic nitrogens is 2. The number of carbonyl (C=O) groups excluding carboxylic acids is 1. The molecule has 186 valence electrons. The average Bonchev–Trinajstić information content (AvgIpc) is 3.45. The van der Waals surface area contributed by atoms with Crippen molar-refractivity contribution in [2.24, 2.45) is 13.0 Å². The minimum Gasteiger partial charge on any atom is -0.352 e. The Hall–Kier alpha value is -3.25. The van der Waals surface area contributed by atoms with E-state index in [1.165, 1.54) is 53.5 Å². The molecule has 4 rings (SSSR count). The van der Waals surface area contributed by atoms with Gasteiger partial charge < -0.3 is 9.88 Å². The fraction of sp³-hybridized carbons (Fsp3) is 0.304. The van der Waals surface area contributed by atoms with Crippen LogP contribution >= 0.6 is 0 Å². The SMILES string of the molecule is Cn1cnc(S(=O)(=O)N2C[C@H](C(=O)NCc3cccc(C(F)(F)F)c3)[C@@H](c3ccc(F)cc3)C2)c1. The van der Waals surface area contributed by atoms with Crippen LogP contribution in [0.4, 0.5) is 17.6 Å². The number of hydrogen-bond donors (Lipinski definition) is 1. The van der Waals surface area contributed by atoms with E-state index in [1.54, 1.807) is 7.05 Å². The van der Waals surface area contributed by atoms with Crippen molar-refractivity contribution in [3.05, 3.63) is 83.6 Å². The number of alkyl halides is 3. The fourth-order valence-corrected chi connectivity index (χ4v) is 5.57. The highest BCUT2D eigenvalue weighted by molar-refractivity contribution is 7.89. The maximum absolute atomic E-state index is 13.5. The number of benzene rings is 2. The molecule has 0 bridgehead atoms. The van der Waals surface area contributed by atoms with Gasteiger partial charge in [0, 0.05) is 38.8 Å². The maximum atomic E-state index is 13.5. The van der Waals surface area contributed by atoms with Gasteiger partial charge in [-0.15, -0.1) is 0 Å². The molecule has 2 heterocycles. The number of amides is 1. The van der Waals surface area contributed by atoms with E-state index in [9.17, 15) is 30.8 Å². The summed E-state index contributed by atoms with van der Waals surface area (Å²) in [6.45, 7) is -0.357. The summed E-state index contributed by atoms with van der Waals surface area (Å²) in [6.07, 6.45) is -1.82. The molecule has 1 aromatic heterocycles. The van der Waals surface area contributed by atoms with Crippen molar-refractivity contribution in [2.45, 2.75) is 23.7 Å². The highest BCUT2D eigenvalue weighted by Crippen LogP contribution is 2.36. The van der Waals surface area contributed by atoms with E-state index in [0.29, 0.717) is 5.56 Å². The molecule has 0 aliphatic carbocycles. The number of sulfonamides is 1. The zero-order chi connectivity index (χ0) is 25.4. The third kappa shape index (κ3) is 5.38. The van der Waals surface area contributed by atoms with Gasteiger partial charge in [0.25, 0.3) is 10.0 Å². The van der Waals surface area contributed by atoms with Gasteiger partial charge in [0.15, 0.2) is 5.03 Å². The Bertz CT molecular complexity index is 1320. The lowest BCUT2D eigenvalue weighted by Crippen LogP contribution is -2.35. The lowest BCUT2D eigenvalue weighted by molar-refractivity contribution is -0.137. The van der Waals surface area contributed by atoms with E-state index in [-0.39, 0.29) is 30.2 Å². The Morgan fingerprint density at radius 2 is 1.86 bits per heavy atom. The van der Waals surface area contributed by atoms with Crippen LogP contribution < -0.4 is 5.32 Å². The Balaban J connectivity index is 1.56. The first kappa shape index (κ1) is 24.9. The van der Waals surface area contributed by atoms with Crippen LogP contribution in [0.1, 0.15) is 22.6 Å². The third-order valence-electron chi connectivity index (χ3n) is 5.93. The summed E-state index contributed by atoms with van der Waals surface area (Å²) in [4.78, 5) is 17.0. The Morgan fingerprint density at radius 1 is 1.14 bits per heavy atom. The quantitative estimate of drug-likeness (QED) is 0.516. The standard InChI is InChI=1S/C23H22F4N4O3S/c1-30-13-21(29-14-30)35(33,34)31-11-19(16-5-7-18(24)8-6-16)20(12-31)22(32)28-10-15-3-2-4-17(9-15)23(25,26)27/h2-9,13-14,19-20H,10-12H2,1H3,(H,28,32)/t19-,20+/m1/s1. The second-order valence-corrected chi connectivity index (χ2v) is 10.3. The Kier molecular flexibility index (Phi) is 6.69. The van der Waals surface area contributed by atoms with Gasteiger partial charge in [-0.1, -0.05) is 24.3 Å². The molecule has 0 radical (unpaired) electrons. The van der Waals surface area contributed by atoms with Crippen molar-refractivity contribution in [3.8, 4) is 0 Å². The van der Waals surface area contributed by atoms with Gasteiger partial charge in [-0.3, -0.25) is 4.79 Å². The highest BCUT2D eigenvalue weighted by Gasteiger charge is 2.44. The van der Waals surface area contributed by atoms with Crippen LogP contribution in [-0.4, -0.2) is 41.3 Å². The monoisotopic (exact) mass is 510 g/mol. The summed E-state index contributed by atoms with van der Waals surface area (Å²) in [6, 6.07) is 10.0. The molecule has 2 aromatic carbocycles. The van der Waals surface area contributed by atoms with Gasteiger partial charge in [0.2, 0.25) is 5.91 Å². The van der Waals surface area contributed by atoms with Crippen molar-refractivity contribution in [1.82, 2.24) is 19.2 Å². The van der Waals surface area contributed by atoms with Gasteiger partial charge in [0.05, 0.1) is 17.8 Å². The van der Waals surface area contributed by atoms with Crippen LogP contribution in [-0.2, 0) is 34.6 Å². The molecule has 0 unspecified atom stereocenters. The minimum atomic E-state index is -4.51. The first-order valence-corrected chi connectivity index (χ1v) is 12.1. The third-order valence-corrected chi connectivity index (χ3v) is 7.65. The molecular weight excluding hydrogens is 488 g/mol. The topological polar surface area (TPSA) is 84.3 Å². The zero-order valence-electron chi connectivity index (χ0n) is 18.5. The van der Waals surface area contributed by atoms with Gasteiger partial charge in [-0.05, 0) is 35.4 Å². The van der Waals surface area contributed by atoms with Crippen LogP contribution in [0.3, 0.4) is 0 Å². The van der Waals surface area contributed by atoms with Crippen LogP contribution in [0.25, 0.3) is 0 Å². The number of nitrogens with zero attached hydrogens (tertiary/aromatic N) is 3. The molecule has 1 amide bonds. The zero-order valence-corrected chi connectivity index (χ0v) is 19.4. The summed E-state index contributed by atoms with van der Waals surface area (Å²) in [5.74, 6) is -2.42. The van der Waals surface area contributed by atoms with E-state index in [1.807, 2.05) is 0 Å². The lowest BCUT2D eigenvalue weighted by atomic mass is 9.88. The molecule has 1 aliphatic heterocycles. The molecule has 1 saturated heterocycles. The number of imidazole rings is 1. The normalized spacial score (nSPS) is 19.1. The average molecular weight is 511 g/mol. The van der Waals surface area contributed by atoms with Crippen LogP contribution in [0.15, 0.2) is 66.1 Å². The summed E-state index contributed by atoms with van der Waals surface area (Å²) in [5, 5.41) is 2.46. The van der Waals surface area contributed by atoms with Gasteiger partial charge in [-0.25, -0.2) is 17.8 Å². The molecule has 1 aliphatic rings. The number of aryl methyl sites for hydroxylation is 1. The first-order valence-electron chi connectivity index (χ1n) is 10.6. The molecule has 3 aromatic rings. The predicted molar refractivity (Wildman–Crippen MR) is 118 cm³/mol. The number of hydrogen-bond acceptors (Lipinski definition) is 4. The maximum Gasteiger partial charge on any atom is 0.416 e. The summed E-state index contributed by atoms with van der Waals surface area (Å²) in [5.41, 5.74) is -0.00580. The summed E-state index contributed by atoms with van der Waals surface area (Å²) >= 11 is 0.